The molecule has 1 amide bonds. The molecule has 1 atom stereocenters. The van der Waals surface area contributed by atoms with E-state index in [-0.39, 0.29) is 11.7 Å². The molecule has 1 aliphatic heterocycles. The summed E-state index contributed by atoms with van der Waals surface area (Å²) < 4.78 is 25.1. The third kappa shape index (κ3) is 3.20. The molecule has 1 aliphatic rings. The smallest absolute Gasteiger partial charge is 0.277 e. The number of rotatable bonds is 6. The molecule has 1 aromatic heterocycles. The number of hydrogen-bond donors (Lipinski definition) is 1. The van der Waals surface area contributed by atoms with E-state index in [1.54, 1.807) is 18.1 Å². The van der Waals surface area contributed by atoms with Crippen LogP contribution >= 0.6 is 0 Å². The Morgan fingerprint density at radius 3 is 2.53 bits per heavy atom. The Hall–Kier alpha value is -3.35. The van der Waals surface area contributed by atoms with Gasteiger partial charge in [-0.05, 0) is 30.5 Å². The maximum absolute atomic E-state index is 14.5. The van der Waals surface area contributed by atoms with Crippen LogP contribution < -0.4 is 14.4 Å². The lowest BCUT2D eigenvalue weighted by atomic mass is 9.94. The fourth-order valence-corrected chi connectivity index (χ4v) is 4.01. The van der Waals surface area contributed by atoms with Crippen molar-refractivity contribution in [3.05, 3.63) is 70.8 Å². The van der Waals surface area contributed by atoms with Gasteiger partial charge >= 0.3 is 0 Å². The first-order valence-corrected chi connectivity index (χ1v) is 9.83. The van der Waals surface area contributed by atoms with Crippen LogP contribution in [0.3, 0.4) is 0 Å². The Labute approximate surface area is 174 Å². The summed E-state index contributed by atoms with van der Waals surface area (Å²) in [6.07, 6.45) is 0.718. The first-order chi connectivity index (χ1) is 14.5. The average Bonchev–Trinajstić information content (AvgIpc) is 3.26. The van der Waals surface area contributed by atoms with Crippen molar-refractivity contribution >= 4 is 11.6 Å². The van der Waals surface area contributed by atoms with Gasteiger partial charge in [0, 0.05) is 22.9 Å². The van der Waals surface area contributed by atoms with E-state index in [4.69, 9.17) is 9.47 Å². The molecule has 30 heavy (non-hydrogen) atoms. The number of anilines is 1. The number of carbonyl (C=O) groups is 1. The molecule has 2 heterocycles. The number of methoxy groups -OCH3 is 2. The molecule has 0 fully saturated rings. The predicted molar refractivity (Wildman–Crippen MR) is 112 cm³/mol. The van der Waals surface area contributed by atoms with Gasteiger partial charge in [0.05, 0.1) is 26.0 Å². The molecule has 7 heteroatoms. The van der Waals surface area contributed by atoms with Gasteiger partial charge in [-0.15, -0.1) is 0 Å². The number of aromatic amines is 1. The number of hydrogen-bond acceptors (Lipinski definition) is 4. The number of para-hydroxylation sites is 1. The number of H-pyrrole nitrogens is 1. The summed E-state index contributed by atoms with van der Waals surface area (Å²) >= 11 is 0. The van der Waals surface area contributed by atoms with Gasteiger partial charge in [-0.1, -0.05) is 32.0 Å². The largest absolute Gasteiger partial charge is 0.496 e. The van der Waals surface area contributed by atoms with Gasteiger partial charge in [0.1, 0.15) is 11.4 Å². The monoisotopic (exact) mass is 409 g/mol. The Morgan fingerprint density at radius 2 is 1.87 bits per heavy atom. The number of benzene rings is 2. The van der Waals surface area contributed by atoms with Gasteiger partial charge in [0.15, 0.2) is 11.6 Å². The molecule has 0 saturated heterocycles. The predicted octanol–water partition coefficient (Wildman–Crippen LogP) is 4.51. The third-order valence-electron chi connectivity index (χ3n) is 5.30. The maximum atomic E-state index is 14.5. The van der Waals surface area contributed by atoms with Crippen LogP contribution in [0.5, 0.6) is 11.5 Å². The minimum absolute atomic E-state index is 0.125. The van der Waals surface area contributed by atoms with Crippen LogP contribution in [0.4, 0.5) is 10.1 Å². The topological polar surface area (TPSA) is 67.5 Å². The van der Waals surface area contributed by atoms with E-state index in [0.29, 0.717) is 23.0 Å². The number of nitrogens with one attached hydrogen (secondary N) is 1. The van der Waals surface area contributed by atoms with E-state index in [1.807, 2.05) is 24.3 Å². The summed E-state index contributed by atoms with van der Waals surface area (Å²) in [6.45, 7) is 4.21. The van der Waals surface area contributed by atoms with E-state index in [0.717, 1.165) is 23.2 Å². The highest BCUT2D eigenvalue weighted by atomic mass is 19.1. The number of carbonyl (C=O) groups excluding carboxylic acids is 1. The zero-order valence-corrected chi connectivity index (χ0v) is 17.4. The van der Waals surface area contributed by atoms with Crippen molar-refractivity contribution in [3.8, 4) is 11.5 Å². The maximum Gasteiger partial charge on any atom is 0.277 e. The average molecular weight is 409 g/mol. The molecule has 0 bridgehead atoms. The second-order valence-corrected chi connectivity index (χ2v) is 7.70. The molecular weight excluding hydrogens is 385 g/mol. The Morgan fingerprint density at radius 1 is 1.13 bits per heavy atom. The Kier molecular flexibility index (Phi) is 5.20. The molecule has 0 saturated carbocycles. The Balaban J connectivity index is 1.92. The van der Waals surface area contributed by atoms with Gasteiger partial charge in [0.2, 0.25) is 0 Å². The van der Waals surface area contributed by atoms with E-state index in [9.17, 15) is 9.18 Å². The van der Waals surface area contributed by atoms with Crippen LogP contribution in [0, 0.1) is 11.7 Å². The van der Waals surface area contributed by atoms with Crippen LogP contribution in [-0.4, -0.2) is 30.3 Å². The van der Waals surface area contributed by atoms with E-state index in [1.165, 1.54) is 19.2 Å². The highest BCUT2D eigenvalue weighted by molar-refractivity contribution is 6.10. The molecule has 1 N–H and O–H groups in total. The number of aromatic nitrogens is 2. The van der Waals surface area contributed by atoms with Crippen LogP contribution in [0.15, 0.2) is 42.5 Å². The highest BCUT2D eigenvalue weighted by Gasteiger charge is 2.44. The van der Waals surface area contributed by atoms with Crippen molar-refractivity contribution in [2.24, 2.45) is 5.92 Å². The zero-order valence-electron chi connectivity index (χ0n) is 17.4. The summed E-state index contributed by atoms with van der Waals surface area (Å²) in [5, 5.41) is 7.34. The molecule has 0 aliphatic carbocycles. The number of amides is 1. The number of nitrogens with zero attached hydrogens (tertiary/aromatic N) is 2. The van der Waals surface area contributed by atoms with Crippen molar-refractivity contribution in [2.45, 2.75) is 26.3 Å². The molecule has 2 aromatic carbocycles. The van der Waals surface area contributed by atoms with Crippen LogP contribution in [0.25, 0.3) is 0 Å². The van der Waals surface area contributed by atoms with Crippen molar-refractivity contribution < 1.29 is 18.7 Å². The summed E-state index contributed by atoms with van der Waals surface area (Å²) in [4.78, 5) is 15.0. The SMILES string of the molecule is COc1ccc(N2C(=O)c3[nH]nc(CC(C)C)c3C2c2ccccc2OC)cc1F. The molecule has 0 radical (unpaired) electrons. The number of halogens is 1. The van der Waals surface area contributed by atoms with Gasteiger partial charge in [-0.3, -0.25) is 14.8 Å². The lowest BCUT2D eigenvalue weighted by Crippen LogP contribution is -2.30. The van der Waals surface area contributed by atoms with Crippen molar-refractivity contribution in [1.29, 1.82) is 0 Å². The zero-order chi connectivity index (χ0) is 21.4. The standard InChI is InChI=1S/C23H24FN3O3/c1-13(2)11-17-20-21(26-25-17)23(28)27(14-9-10-19(30-4)16(24)12-14)22(20)15-7-5-6-8-18(15)29-3/h5-10,12-13,22H,11H2,1-4H3,(H,25,26). The van der Waals surface area contributed by atoms with Gasteiger partial charge in [-0.25, -0.2) is 4.39 Å². The molecule has 156 valence electrons. The second-order valence-electron chi connectivity index (χ2n) is 7.70. The fourth-order valence-electron chi connectivity index (χ4n) is 4.01. The lowest BCUT2D eigenvalue weighted by molar-refractivity contribution is 0.0988. The molecule has 0 spiro atoms. The third-order valence-corrected chi connectivity index (χ3v) is 5.30. The van der Waals surface area contributed by atoms with Crippen molar-refractivity contribution in [3.63, 3.8) is 0 Å². The molecule has 3 aromatic rings. The first kappa shape index (κ1) is 19.9. The van der Waals surface area contributed by atoms with E-state index < -0.39 is 11.9 Å². The first-order valence-electron chi connectivity index (χ1n) is 9.83. The van der Waals surface area contributed by atoms with E-state index in [2.05, 4.69) is 24.0 Å². The Bertz CT molecular complexity index is 1090. The molecule has 4 rings (SSSR count). The van der Waals surface area contributed by atoms with Crippen molar-refractivity contribution in [2.75, 3.05) is 19.1 Å². The summed E-state index contributed by atoms with van der Waals surface area (Å²) in [7, 11) is 3.00. The number of ether oxygens (including phenoxy) is 2. The second kappa shape index (κ2) is 7.82. The highest BCUT2D eigenvalue weighted by Crippen LogP contribution is 2.45. The van der Waals surface area contributed by atoms with Crippen molar-refractivity contribution in [1.82, 2.24) is 10.2 Å². The minimum atomic E-state index is -0.530. The van der Waals surface area contributed by atoms with E-state index >= 15 is 0 Å². The van der Waals surface area contributed by atoms with Crippen LogP contribution in [0.1, 0.15) is 47.2 Å². The summed E-state index contributed by atoms with van der Waals surface area (Å²) in [5.74, 6) is 0.350. The van der Waals surface area contributed by atoms with Gasteiger partial charge in [-0.2, -0.15) is 5.10 Å². The molecular formula is C23H24FN3O3. The minimum Gasteiger partial charge on any atom is -0.496 e. The van der Waals surface area contributed by atoms with Gasteiger partial charge < -0.3 is 9.47 Å². The summed E-state index contributed by atoms with van der Waals surface area (Å²) in [6, 6.07) is 11.6. The lowest BCUT2D eigenvalue weighted by Gasteiger charge is -2.28. The molecule has 6 nitrogen and oxygen atoms in total. The normalized spacial score (nSPS) is 15.6. The van der Waals surface area contributed by atoms with Gasteiger partial charge in [0.25, 0.3) is 5.91 Å². The van der Waals surface area contributed by atoms with Crippen LogP contribution in [0.2, 0.25) is 0 Å². The van der Waals surface area contributed by atoms with Crippen LogP contribution in [-0.2, 0) is 6.42 Å². The fraction of sp³-hybridized carbons (Fsp3) is 0.304. The molecule has 1 unspecified atom stereocenters. The summed E-state index contributed by atoms with van der Waals surface area (Å²) in [5.41, 5.74) is 3.33. The quantitative estimate of drug-likeness (QED) is 0.650. The number of fused-ring (bicyclic) bond motifs is 1.